The van der Waals surface area contributed by atoms with Crippen LogP contribution in [0.15, 0.2) is 40.9 Å². The maximum Gasteiger partial charge on any atom is 0.255 e. The van der Waals surface area contributed by atoms with E-state index in [0.29, 0.717) is 21.1 Å². The van der Waals surface area contributed by atoms with Gasteiger partial charge in [0.15, 0.2) is 0 Å². The molecule has 0 aliphatic rings. The summed E-state index contributed by atoms with van der Waals surface area (Å²) in [6.45, 7) is 0. The molecule has 0 heterocycles. The Labute approximate surface area is 121 Å². The van der Waals surface area contributed by atoms with Gasteiger partial charge < -0.3 is 5.32 Å². The quantitative estimate of drug-likeness (QED) is 0.844. The minimum absolute atomic E-state index is 0.0857. The summed E-state index contributed by atoms with van der Waals surface area (Å²) in [6, 6.07) is 7.49. The molecule has 0 aliphatic heterocycles. The van der Waals surface area contributed by atoms with Gasteiger partial charge in [0.1, 0.15) is 11.6 Å². The van der Waals surface area contributed by atoms with Gasteiger partial charge in [-0.3, -0.25) is 4.79 Å². The number of carbonyl (C=O) groups excluding carboxylic acids is 1. The second kappa shape index (κ2) is 5.67. The van der Waals surface area contributed by atoms with Crippen LogP contribution in [0.3, 0.4) is 0 Å². The number of benzene rings is 2. The summed E-state index contributed by atoms with van der Waals surface area (Å²) in [7, 11) is 0. The van der Waals surface area contributed by atoms with Gasteiger partial charge in [-0.1, -0.05) is 11.6 Å². The molecule has 98 valence electrons. The molecular weight excluding hydrogens is 340 g/mol. The summed E-state index contributed by atoms with van der Waals surface area (Å²) >= 11 is 9.00. The van der Waals surface area contributed by atoms with E-state index in [-0.39, 0.29) is 5.69 Å². The lowest BCUT2D eigenvalue weighted by Gasteiger charge is -2.07. The molecule has 0 fully saturated rings. The molecule has 0 unspecified atom stereocenters. The average molecular weight is 347 g/mol. The van der Waals surface area contributed by atoms with Gasteiger partial charge in [-0.25, -0.2) is 8.78 Å². The lowest BCUT2D eigenvalue weighted by molar-refractivity contribution is 0.102. The van der Waals surface area contributed by atoms with E-state index in [2.05, 4.69) is 21.2 Å². The largest absolute Gasteiger partial charge is 0.319 e. The van der Waals surface area contributed by atoms with Gasteiger partial charge >= 0.3 is 0 Å². The van der Waals surface area contributed by atoms with Gasteiger partial charge in [-0.15, -0.1) is 0 Å². The van der Waals surface area contributed by atoms with Crippen molar-refractivity contribution in [2.45, 2.75) is 0 Å². The number of hydrogen-bond acceptors (Lipinski definition) is 1. The molecule has 2 rings (SSSR count). The Morgan fingerprint density at radius 3 is 2.53 bits per heavy atom. The van der Waals surface area contributed by atoms with Gasteiger partial charge in [-0.2, -0.15) is 0 Å². The van der Waals surface area contributed by atoms with Crippen LogP contribution >= 0.6 is 27.5 Å². The van der Waals surface area contributed by atoms with Gasteiger partial charge in [0.2, 0.25) is 0 Å². The van der Waals surface area contributed by atoms with E-state index in [1.54, 1.807) is 6.07 Å². The minimum Gasteiger partial charge on any atom is -0.319 e. The molecule has 2 aromatic carbocycles. The Balaban J connectivity index is 2.23. The molecule has 1 N–H and O–H groups in total. The first-order chi connectivity index (χ1) is 8.97. The molecule has 19 heavy (non-hydrogen) atoms. The van der Waals surface area contributed by atoms with Crippen molar-refractivity contribution in [2.75, 3.05) is 5.32 Å². The number of amides is 1. The van der Waals surface area contributed by atoms with Crippen molar-refractivity contribution in [3.63, 3.8) is 0 Å². The predicted molar refractivity (Wildman–Crippen MR) is 73.5 cm³/mol. The third-order valence-electron chi connectivity index (χ3n) is 2.36. The van der Waals surface area contributed by atoms with E-state index in [4.69, 9.17) is 11.6 Å². The predicted octanol–water partition coefficient (Wildman–Crippen LogP) is 4.63. The highest BCUT2D eigenvalue weighted by Crippen LogP contribution is 2.24. The maximum atomic E-state index is 13.4. The fraction of sp³-hybridized carbons (Fsp3) is 0. The van der Waals surface area contributed by atoms with E-state index in [0.717, 1.165) is 12.1 Å². The van der Waals surface area contributed by atoms with E-state index < -0.39 is 17.5 Å². The van der Waals surface area contributed by atoms with Crippen molar-refractivity contribution in [2.24, 2.45) is 0 Å². The van der Waals surface area contributed by atoms with Crippen LogP contribution in [0.2, 0.25) is 5.02 Å². The normalized spacial score (nSPS) is 10.3. The van der Waals surface area contributed by atoms with Crippen molar-refractivity contribution >= 4 is 39.1 Å². The third kappa shape index (κ3) is 3.30. The number of halogens is 4. The molecule has 0 atom stereocenters. The number of carbonyl (C=O) groups is 1. The summed E-state index contributed by atoms with van der Waals surface area (Å²) in [5.74, 6) is -2.05. The van der Waals surface area contributed by atoms with E-state index in [9.17, 15) is 13.6 Å². The molecule has 0 saturated carbocycles. The third-order valence-corrected chi connectivity index (χ3v) is 3.58. The van der Waals surface area contributed by atoms with Crippen LogP contribution in [-0.4, -0.2) is 5.91 Å². The molecule has 0 bridgehead atoms. The van der Waals surface area contributed by atoms with Crippen LogP contribution in [0.1, 0.15) is 10.4 Å². The van der Waals surface area contributed by atoms with Crippen LogP contribution in [-0.2, 0) is 0 Å². The van der Waals surface area contributed by atoms with Crippen molar-refractivity contribution < 1.29 is 13.6 Å². The molecule has 6 heteroatoms. The van der Waals surface area contributed by atoms with E-state index >= 15 is 0 Å². The Morgan fingerprint density at radius 2 is 1.89 bits per heavy atom. The molecule has 2 nitrogen and oxygen atoms in total. The zero-order valence-corrected chi connectivity index (χ0v) is 11.7. The van der Waals surface area contributed by atoms with Crippen LogP contribution in [0.5, 0.6) is 0 Å². The first-order valence-corrected chi connectivity index (χ1v) is 6.36. The zero-order valence-electron chi connectivity index (χ0n) is 9.38. The first kappa shape index (κ1) is 14.0. The Bertz CT molecular complexity index is 649. The van der Waals surface area contributed by atoms with Crippen LogP contribution in [0.4, 0.5) is 14.5 Å². The van der Waals surface area contributed by atoms with Crippen LogP contribution < -0.4 is 5.32 Å². The molecule has 0 spiro atoms. The summed E-state index contributed by atoms with van der Waals surface area (Å²) in [5.41, 5.74) is 0.220. The molecule has 0 saturated heterocycles. The highest BCUT2D eigenvalue weighted by atomic mass is 79.9. The second-order valence-corrected chi connectivity index (χ2v) is 4.97. The summed E-state index contributed by atoms with van der Waals surface area (Å²) in [5, 5.41) is 2.82. The van der Waals surface area contributed by atoms with Crippen LogP contribution in [0, 0.1) is 11.6 Å². The Kier molecular flexibility index (Phi) is 4.17. The van der Waals surface area contributed by atoms with Crippen LogP contribution in [0.25, 0.3) is 0 Å². The Morgan fingerprint density at radius 1 is 1.16 bits per heavy atom. The topological polar surface area (TPSA) is 29.1 Å². The lowest BCUT2D eigenvalue weighted by Crippen LogP contribution is -2.13. The number of anilines is 1. The summed E-state index contributed by atoms with van der Waals surface area (Å²) < 4.78 is 26.7. The smallest absolute Gasteiger partial charge is 0.255 e. The fourth-order valence-electron chi connectivity index (χ4n) is 1.42. The number of hydrogen-bond donors (Lipinski definition) is 1. The summed E-state index contributed by atoms with van der Waals surface area (Å²) in [4.78, 5) is 11.9. The molecule has 0 aliphatic carbocycles. The first-order valence-electron chi connectivity index (χ1n) is 5.19. The minimum atomic E-state index is -0.832. The average Bonchev–Trinajstić information content (AvgIpc) is 2.36. The van der Waals surface area contributed by atoms with Crippen molar-refractivity contribution in [3.05, 3.63) is 63.1 Å². The van der Waals surface area contributed by atoms with E-state index in [1.165, 1.54) is 12.1 Å². The van der Waals surface area contributed by atoms with Gasteiger partial charge in [0.25, 0.3) is 5.91 Å². The SMILES string of the molecule is O=C(Nc1ccc(F)cc1F)c1ccc(Cl)c(Br)c1. The molecular formula is C13H7BrClF2NO. The van der Waals surface area contributed by atoms with Gasteiger partial charge in [-0.05, 0) is 46.3 Å². The number of nitrogens with one attached hydrogen (secondary N) is 1. The van der Waals surface area contributed by atoms with Crippen molar-refractivity contribution in [3.8, 4) is 0 Å². The zero-order chi connectivity index (χ0) is 14.0. The fourth-order valence-corrected chi connectivity index (χ4v) is 1.92. The highest BCUT2D eigenvalue weighted by Gasteiger charge is 2.11. The number of rotatable bonds is 2. The summed E-state index contributed by atoms with van der Waals surface area (Å²) in [6.07, 6.45) is 0. The molecule has 0 aromatic heterocycles. The standard InChI is InChI=1S/C13H7BrClF2NO/c14-9-5-7(1-3-10(9)15)13(19)18-12-4-2-8(16)6-11(12)17/h1-6H,(H,18,19). The van der Waals surface area contributed by atoms with Crippen molar-refractivity contribution in [1.29, 1.82) is 0 Å². The van der Waals surface area contributed by atoms with Crippen molar-refractivity contribution in [1.82, 2.24) is 0 Å². The molecule has 2 aromatic rings. The lowest BCUT2D eigenvalue weighted by atomic mass is 10.2. The van der Waals surface area contributed by atoms with Gasteiger partial charge in [0, 0.05) is 16.1 Å². The molecule has 0 radical (unpaired) electrons. The Hall–Kier alpha value is -1.46. The van der Waals surface area contributed by atoms with E-state index in [1.807, 2.05) is 0 Å². The molecule has 1 amide bonds. The monoisotopic (exact) mass is 345 g/mol. The second-order valence-electron chi connectivity index (χ2n) is 3.71. The maximum absolute atomic E-state index is 13.4. The highest BCUT2D eigenvalue weighted by molar-refractivity contribution is 9.10. The van der Waals surface area contributed by atoms with Gasteiger partial charge in [0.05, 0.1) is 10.7 Å².